The first-order valence-corrected chi connectivity index (χ1v) is 7.13. The summed E-state index contributed by atoms with van der Waals surface area (Å²) in [7, 11) is 3.52. The molecular weight excluding hydrogens is 278 g/mol. The highest BCUT2D eigenvalue weighted by Gasteiger charge is 2.18. The smallest absolute Gasteiger partial charge is 0.251 e. The number of benzene rings is 1. The zero-order valence-electron chi connectivity index (χ0n) is 12.4. The van der Waals surface area contributed by atoms with Gasteiger partial charge in [-0.3, -0.25) is 4.90 Å². The summed E-state index contributed by atoms with van der Waals surface area (Å²) in [6, 6.07) is 5.72. The standard InChI is InChI=1S/C15H22F2N2O2/c1-18-12(9-19(2)10-15(16)17)11-4-5-13-14(8-11)21-7-3-6-20-13/h4-5,8,12,15,18H,3,6-7,9-10H2,1-2H3. The fourth-order valence-electron chi connectivity index (χ4n) is 2.38. The minimum Gasteiger partial charge on any atom is -0.490 e. The maximum Gasteiger partial charge on any atom is 0.251 e. The Morgan fingerprint density at radius 3 is 2.57 bits per heavy atom. The van der Waals surface area contributed by atoms with Crippen LogP contribution < -0.4 is 14.8 Å². The Morgan fingerprint density at radius 2 is 1.90 bits per heavy atom. The van der Waals surface area contributed by atoms with Crippen molar-refractivity contribution in [2.75, 3.05) is 40.4 Å². The largest absolute Gasteiger partial charge is 0.490 e. The minimum atomic E-state index is -2.32. The van der Waals surface area contributed by atoms with E-state index in [1.165, 1.54) is 0 Å². The van der Waals surface area contributed by atoms with Crippen LogP contribution in [0.5, 0.6) is 11.5 Å². The number of alkyl halides is 2. The van der Waals surface area contributed by atoms with Gasteiger partial charge in [-0.1, -0.05) is 6.07 Å². The van der Waals surface area contributed by atoms with Crippen molar-refractivity contribution in [3.8, 4) is 11.5 Å². The molecule has 1 unspecified atom stereocenters. The zero-order chi connectivity index (χ0) is 15.2. The molecule has 2 rings (SSSR count). The summed E-state index contributed by atoms with van der Waals surface area (Å²) < 4.78 is 36.1. The van der Waals surface area contributed by atoms with Crippen molar-refractivity contribution in [2.45, 2.75) is 18.9 Å². The molecule has 0 radical (unpaired) electrons. The van der Waals surface area contributed by atoms with Gasteiger partial charge >= 0.3 is 0 Å². The molecule has 118 valence electrons. The lowest BCUT2D eigenvalue weighted by Crippen LogP contribution is -2.34. The third-order valence-corrected chi connectivity index (χ3v) is 3.47. The van der Waals surface area contributed by atoms with E-state index in [0.29, 0.717) is 19.8 Å². The monoisotopic (exact) mass is 300 g/mol. The van der Waals surface area contributed by atoms with Gasteiger partial charge in [0.1, 0.15) is 0 Å². The highest BCUT2D eigenvalue weighted by Crippen LogP contribution is 2.32. The summed E-state index contributed by atoms with van der Waals surface area (Å²) in [5.74, 6) is 1.47. The normalized spacial score (nSPS) is 16.1. The van der Waals surface area contributed by atoms with E-state index in [1.54, 1.807) is 11.9 Å². The zero-order valence-corrected chi connectivity index (χ0v) is 12.4. The second-order valence-electron chi connectivity index (χ2n) is 5.21. The Kier molecular flexibility index (Phi) is 5.76. The number of nitrogens with zero attached hydrogens (tertiary/aromatic N) is 1. The fourth-order valence-corrected chi connectivity index (χ4v) is 2.38. The number of ether oxygens (including phenoxy) is 2. The molecule has 0 aliphatic carbocycles. The van der Waals surface area contributed by atoms with Crippen LogP contribution in [0, 0.1) is 0 Å². The molecular formula is C15H22F2N2O2. The minimum absolute atomic E-state index is 0.0362. The molecule has 1 aromatic rings. The van der Waals surface area contributed by atoms with Crippen LogP contribution in [-0.4, -0.2) is 51.7 Å². The second kappa shape index (κ2) is 7.56. The first-order valence-electron chi connectivity index (χ1n) is 7.13. The molecule has 1 heterocycles. The van der Waals surface area contributed by atoms with E-state index in [-0.39, 0.29) is 12.6 Å². The van der Waals surface area contributed by atoms with E-state index in [1.807, 2.05) is 25.2 Å². The molecule has 1 aliphatic rings. The van der Waals surface area contributed by atoms with E-state index in [0.717, 1.165) is 23.5 Å². The van der Waals surface area contributed by atoms with Crippen molar-refractivity contribution in [2.24, 2.45) is 0 Å². The third kappa shape index (κ3) is 4.54. The van der Waals surface area contributed by atoms with Crippen molar-refractivity contribution in [1.29, 1.82) is 0 Å². The number of rotatable bonds is 6. The number of likely N-dealkylation sites (N-methyl/N-ethyl adjacent to an activating group) is 2. The predicted molar refractivity (Wildman–Crippen MR) is 77.4 cm³/mol. The first-order chi connectivity index (χ1) is 10.1. The molecule has 0 amide bonds. The average Bonchev–Trinajstić information content (AvgIpc) is 2.68. The first kappa shape index (κ1) is 16.0. The van der Waals surface area contributed by atoms with Gasteiger partial charge in [0, 0.05) is 19.0 Å². The summed E-state index contributed by atoms with van der Waals surface area (Å²) in [5.41, 5.74) is 1.00. The Balaban J connectivity index is 2.09. The van der Waals surface area contributed by atoms with Gasteiger partial charge in [0.15, 0.2) is 11.5 Å². The van der Waals surface area contributed by atoms with E-state index >= 15 is 0 Å². The Morgan fingerprint density at radius 1 is 1.19 bits per heavy atom. The van der Waals surface area contributed by atoms with Gasteiger partial charge in [-0.25, -0.2) is 8.78 Å². The van der Waals surface area contributed by atoms with Gasteiger partial charge in [-0.05, 0) is 31.8 Å². The molecule has 0 bridgehead atoms. The summed E-state index contributed by atoms with van der Waals surface area (Å²) in [6.07, 6.45) is -1.47. The van der Waals surface area contributed by atoms with Crippen LogP contribution >= 0.6 is 0 Å². The number of fused-ring (bicyclic) bond motifs is 1. The van der Waals surface area contributed by atoms with Crippen molar-refractivity contribution >= 4 is 0 Å². The van der Waals surface area contributed by atoms with Gasteiger partial charge in [0.25, 0.3) is 6.43 Å². The molecule has 1 N–H and O–H groups in total. The SMILES string of the molecule is CNC(CN(C)CC(F)F)c1ccc2c(c1)OCCCO2. The van der Waals surface area contributed by atoms with Crippen molar-refractivity contribution in [3.63, 3.8) is 0 Å². The number of halogens is 2. The highest BCUT2D eigenvalue weighted by atomic mass is 19.3. The summed E-state index contributed by atoms with van der Waals surface area (Å²) in [5, 5.41) is 3.16. The Labute approximate surface area is 124 Å². The van der Waals surface area contributed by atoms with Gasteiger partial charge in [-0.15, -0.1) is 0 Å². The molecule has 6 heteroatoms. The van der Waals surface area contributed by atoms with Gasteiger partial charge in [0.2, 0.25) is 0 Å². The van der Waals surface area contributed by atoms with Crippen LogP contribution in [0.2, 0.25) is 0 Å². The molecule has 1 aromatic carbocycles. The van der Waals surface area contributed by atoms with Crippen LogP contribution in [-0.2, 0) is 0 Å². The molecule has 0 saturated carbocycles. The molecule has 4 nitrogen and oxygen atoms in total. The van der Waals surface area contributed by atoms with Gasteiger partial charge < -0.3 is 14.8 Å². The quantitative estimate of drug-likeness (QED) is 0.874. The number of nitrogens with one attached hydrogen (secondary N) is 1. The van der Waals surface area contributed by atoms with E-state index in [2.05, 4.69) is 5.32 Å². The van der Waals surface area contributed by atoms with Gasteiger partial charge in [-0.2, -0.15) is 0 Å². The van der Waals surface area contributed by atoms with Crippen molar-refractivity contribution in [1.82, 2.24) is 10.2 Å². The number of hydrogen-bond acceptors (Lipinski definition) is 4. The highest BCUT2D eigenvalue weighted by molar-refractivity contribution is 5.44. The predicted octanol–water partition coefficient (Wildman–Crippen LogP) is 2.31. The third-order valence-electron chi connectivity index (χ3n) is 3.47. The van der Waals surface area contributed by atoms with Crippen LogP contribution in [0.25, 0.3) is 0 Å². The van der Waals surface area contributed by atoms with E-state index in [4.69, 9.17) is 9.47 Å². The molecule has 0 spiro atoms. The summed E-state index contributed by atoms with van der Waals surface area (Å²) in [4.78, 5) is 1.62. The summed E-state index contributed by atoms with van der Waals surface area (Å²) in [6.45, 7) is 1.55. The molecule has 1 aliphatic heterocycles. The molecule has 21 heavy (non-hydrogen) atoms. The number of hydrogen-bond donors (Lipinski definition) is 1. The van der Waals surface area contributed by atoms with E-state index < -0.39 is 6.43 Å². The van der Waals surface area contributed by atoms with Crippen LogP contribution in [0.15, 0.2) is 18.2 Å². The molecule has 0 saturated heterocycles. The fraction of sp³-hybridized carbons (Fsp3) is 0.600. The molecule has 0 aromatic heterocycles. The van der Waals surface area contributed by atoms with Crippen LogP contribution in [0.4, 0.5) is 8.78 Å². The van der Waals surface area contributed by atoms with Crippen LogP contribution in [0.3, 0.4) is 0 Å². The summed E-state index contributed by atoms with van der Waals surface area (Å²) >= 11 is 0. The Bertz CT molecular complexity index is 457. The maximum atomic E-state index is 12.4. The Hall–Kier alpha value is -1.40. The second-order valence-corrected chi connectivity index (χ2v) is 5.21. The lowest BCUT2D eigenvalue weighted by Gasteiger charge is -2.24. The lowest BCUT2D eigenvalue weighted by molar-refractivity contribution is 0.0963. The van der Waals surface area contributed by atoms with Gasteiger partial charge in [0.05, 0.1) is 19.8 Å². The topological polar surface area (TPSA) is 33.7 Å². The molecule has 1 atom stereocenters. The van der Waals surface area contributed by atoms with Crippen molar-refractivity contribution in [3.05, 3.63) is 23.8 Å². The average molecular weight is 300 g/mol. The van der Waals surface area contributed by atoms with Crippen molar-refractivity contribution < 1.29 is 18.3 Å². The maximum absolute atomic E-state index is 12.4. The lowest BCUT2D eigenvalue weighted by atomic mass is 10.1. The molecule has 0 fully saturated rings. The van der Waals surface area contributed by atoms with E-state index in [9.17, 15) is 8.78 Å². The van der Waals surface area contributed by atoms with Crippen LogP contribution in [0.1, 0.15) is 18.0 Å².